The maximum atomic E-state index is 5.69. The van der Waals surface area contributed by atoms with Crippen molar-refractivity contribution in [3.8, 4) is 0 Å². The van der Waals surface area contributed by atoms with E-state index in [1.807, 2.05) is 0 Å². The van der Waals surface area contributed by atoms with Gasteiger partial charge in [0.05, 0.1) is 12.6 Å². The van der Waals surface area contributed by atoms with Crippen molar-refractivity contribution in [2.75, 3.05) is 13.7 Å². The lowest BCUT2D eigenvalue weighted by molar-refractivity contribution is 0.195. The fourth-order valence-corrected chi connectivity index (χ4v) is 3.05. The first kappa shape index (κ1) is 11.0. The van der Waals surface area contributed by atoms with E-state index in [0.717, 1.165) is 24.9 Å². The van der Waals surface area contributed by atoms with E-state index in [9.17, 15) is 0 Å². The van der Waals surface area contributed by atoms with Crippen molar-refractivity contribution in [1.29, 1.82) is 0 Å². The number of ether oxygens (including phenoxy) is 1. The Morgan fingerprint density at radius 1 is 1.53 bits per heavy atom. The van der Waals surface area contributed by atoms with E-state index in [1.165, 1.54) is 31.4 Å². The number of hydrogen-bond acceptors (Lipinski definition) is 2. The normalized spacial score (nSPS) is 32.5. The summed E-state index contributed by atoms with van der Waals surface area (Å²) in [7, 11) is 2.06. The van der Waals surface area contributed by atoms with E-state index >= 15 is 0 Å². The molecule has 0 aromatic rings. The van der Waals surface area contributed by atoms with Crippen molar-refractivity contribution in [1.82, 2.24) is 5.32 Å². The van der Waals surface area contributed by atoms with E-state index in [4.69, 9.17) is 4.74 Å². The SMILES string of the molecule is CCC1CCC(C(NC)C2=CCCO2)C1. The van der Waals surface area contributed by atoms with Crippen molar-refractivity contribution in [2.45, 2.75) is 45.1 Å². The van der Waals surface area contributed by atoms with Gasteiger partial charge in [0.15, 0.2) is 0 Å². The highest BCUT2D eigenvalue weighted by Gasteiger charge is 2.32. The Morgan fingerprint density at radius 3 is 2.93 bits per heavy atom. The second-order valence-corrected chi connectivity index (χ2v) is 4.86. The van der Waals surface area contributed by atoms with Crippen molar-refractivity contribution in [2.24, 2.45) is 11.8 Å². The molecule has 0 saturated heterocycles. The standard InChI is InChI=1S/C13H23NO/c1-3-10-6-7-11(9-10)13(14-2)12-5-4-8-15-12/h5,10-11,13-14H,3-4,6-9H2,1-2H3. The Hall–Kier alpha value is -0.500. The Bertz CT molecular complexity index is 237. The first-order chi connectivity index (χ1) is 7.35. The molecular formula is C13H23NO. The summed E-state index contributed by atoms with van der Waals surface area (Å²) in [6, 6.07) is 0.476. The highest BCUT2D eigenvalue weighted by Crippen LogP contribution is 2.37. The van der Waals surface area contributed by atoms with Crippen LogP contribution in [0.1, 0.15) is 39.0 Å². The lowest BCUT2D eigenvalue weighted by Crippen LogP contribution is -2.34. The summed E-state index contributed by atoms with van der Waals surface area (Å²) in [6.07, 6.45) is 8.85. The zero-order valence-electron chi connectivity index (χ0n) is 9.96. The Kier molecular flexibility index (Phi) is 3.68. The van der Waals surface area contributed by atoms with Crippen molar-refractivity contribution in [3.63, 3.8) is 0 Å². The summed E-state index contributed by atoms with van der Waals surface area (Å²) < 4.78 is 5.69. The predicted molar refractivity (Wildman–Crippen MR) is 62.6 cm³/mol. The van der Waals surface area contributed by atoms with Crippen LogP contribution in [0.25, 0.3) is 0 Å². The summed E-state index contributed by atoms with van der Waals surface area (Å²) in [5.74, 6) is 2.96. The minimum absolute atomic E-state index is 0.476. The monoisotopic (exact) mass is 209 g/mol. The highest BCUT2D eigenvalue weighted by atomic mass is 16.5. The van der Waals surface area contributed by atoms with Crippen LogP contribution in [0.3, 0.4) is 0 Å². The van der Waals surface area contributed by atoms with E-state index in [1.54, 1.807) is 0 Å². The Balaban J connectivity index is 1.95. The maximum absolute atomic E-state index is 5.69. The smallest absolute Gasteiger partial charge is 0.109 e. The van der Waals surface area contributed by atoms with Gasteiger partial charge in [-0.2, -0.15) is 0 Å². The molecule has 2 aliphatic rings. The Labute approximate surface area is 93.1 Å². The van der Waals surface area contributed by atoms with Gasteiger partial charge in [-0.25, -0.2) is 0 Å². The first-order valence-corrected chi connectivity index (χ1v) is 6.35. The third kappa shape index (κ3) is 2.36. The molecule has 2 rings (SSSR count). The highest BCUT2D eigenvalue weighted by molar-refractivity contribution is 5.09. The summed E-state index contributed by atoms with van der Waals surface area (Å²) in [5, 5.41) is 3.44. The minimum Gasteiger partial charge on any atom is -0.496 e. The van der Waals surface area contributed by atoms with Gasteiger partial charge < -0.3 is 10.1 Å². The molecule has 0 amide bonds. The number of likely N-dealkylation sites (N-methyl/N-ethyl adjacent to an activating group) is 1. The van der Waals surface area contributed by atoms with E-state index in [2.05, 4.69) is 25.4 Å². The maximum Gasteiger partial charge on any atom is 0.109 e. The van der Waals surface area contributed by atoms with Gasteiger partial charge in [0.1, 0.15) is 5.76 Å². The van der Waals surface area contributed by atoms with Crippen LogP contribution in [0.15, 0.2) is 11.8 Å². The second kappa shape index (κ2) is 5.02. The zero-order chi connectivity index (χ0) is 10.7. The molecule has 0 aromatic carbocycles. The molecule has 1 N–H and O–H groups in total. The van der Waals surface area contributed by atoms with Gasteiger partial charge in [-0.1, -0.05) is 19.8 Å². The van der Waals surface area contributed by atoms with Crippen LogP contribution in [-0.4, -0.2) is 19.7 Å². The van der Waals surface area contributed by atoms with Gasteiger partial charge in [0.2, 0.25) is 0 Å². The van der Waals surface area contributed by atoms with E-state index in [-0.39, 0.29) is 0 Å². The van der Waals surface area contributed by atoms with Gasteiger partial charge in [0, 0.05) is 6.42 Å². The number of hydrogen-bond donors (Lipinski definition) is 1. The summed E-state index contributed by atoms with van der Waals surface area (Å²) >= 11 is 0. The average Bonchev–Trinajstić information content (AvgIpc) is 2.89. The minimum atomic E-state index is 0.476. The molecule has 3 atom stereocenters. The molecule has 3 unspecified atom stereocenters. The molecule has 1 saturated carbocycles. The fourth-order valence-electron chi connectivity index (χ4n) is 3.05. The topological polar surface area (TPSA) is 21.3 Å². The molecule has 15 heavy (non-hydrogen) atoms. The molecule has 2 heteroatoms. The van der Waals surface area contributed by atoms with Crippen LogP contribution in [0, 0.1) is 11.8 Å². The molecule has 2 nitrogen and oxygen atoms in total. The van der Waals surface area contributed by atoms with Gasteiger partial charge in [-0.05, 0) is 37.8 Å². The molecule has 1 fully saturated rings. The number of rotatable bonds is 4. The molecule has 1 aliphatic carbocycles. The van der Waals surface area contributed by atoms with Crippen molar-refractivity contribution in [3.05, 3.63) is 11.8 Å². The van der Waals surface area contributed by atoms with Crippen LogP contribution in [0.4, 0.5) is 0 Å². The van der Waals surface area contributed by atoms with E-state index < -0.39 is 0 Å². The molecule has 0 spiro atoms. The van der Waals surface area contributed by atoms with Crippen LogP contribution in [-0.2, 0) is 4.74 Å². The summed E-state index contributed by atoms with van der Waals surface area (Å²) in [4.78, 5) is 0. The van der Waals surface area contributed by atoms with Gasteiger partial charge in [-0.15, -0.1) is 0 Å². The zero-order valence-corrected chi connectivity index (χ0v) is 9.96. The van der Waals surface area contributed by atoms with Crippen molar-refractivity contribution >= 4 is 0 Å². The summed E-state index contributed by atoms with van der Waals surface area (Å²) in [5.41, 5.74) is 0. The van der Waals surface area contributed by atoms with Gasteiger partial charge >= 0.3 is 0 Å². The van der Waals surface area contributed by atoms with Crippen LogP contribution in [0.5, 0.6) is 0 Å². The van der Waals surface area contributed by atoms with Crippen LogP contribution in [0.2, 0.25) is 0 Å². The lowest BCUT2D eigenvalue weighted by atomic mass is 9.94. The number of nitrogens with one attached hydrogen (secondary N) is 1. The summed E-state index contributed by atoms with van der Waals surface area (Å²) in [6.45, 7) is 3.20. The quantitative estimate of drug-likeness (QED) is 0.768. The molecule has 1 aliphatic heterocycles. The Morgan fingerprint density at radius 2 is 2.40 bits per heavy atom. The fraction of sp³-hybridized carbons (Fsp3) is 0.846. The van der Waals surface area contributed by atoms with Crippen LogP contribution >= 0.6 is 0 Å². The van der Waals surface area contributed by atoms with Crippen LogP contribution < -0.4 is 5.32 Å². The third-order valence-corrected chi connectivity index (χ3v) is 3.98. The first-order valence-electron chi connectivity index (χ1n) is 6.35. The second-order valence-electron chi connectivity index (χ2n) is 4.86. The molecule has 0 aromatic heterocycles. The molecule has 0 radical (unpaired) electrons. The van der Waals surface area contributed by atoms with Gasteiger partial charge in [-0.3, -0.25) is 0 Å². The molecular weight excluding hydrogens is 186 g/mol. The molecule has 1 heterocycles. The third-order valence-electron chi connectivity index (χ3n) is 3.98. The largest absolute Gasteiger partial charge is 0.496 e. The predicted octanol–water partition coefficient (Wildman–Crippen LogP) is 2.70. The molecule has 0 bridgehead atoms. The lowest BCUT2D eigenvalue weighted by Gasteiger charge is -2.24. The van der Waals surface area contributed by atoms with Crippen molar-refractivity contribution < 1.29 is 4.74 Å². The van der Waals surface area contributed by atoms with Gasteiger partial charge in [0.25, 0.3) is 0 Å². The van der Waals surface area contributed by atoms with E-state index in [0.29, 0.717) is 6.04 Å². The molecule has 86 valence electrons. The average molecular weight is 209 g/mol.